The summed E-state index contributed by atoms with van der Waals surface area (Å²) >= 11 is 0. The number of benzene rings is 2. The molecule has 1 aliphatic rings. The van der Waals surface area contributed by atoms with Gasteiger partial charge in [0, 0.05) is 25.0 Å². The van der Waals surface area contributed by atoms with E-state index in [1.807, 2.05) is 54.6 Å². The summed E-state index contributed by atoms with van der Waals surface area (Å²) in [7, 11) is 0. The minimum absolute atomic E-state index is 0.279. The van der Waals surface area contributed by atoms with E-state index in [2.05, 4.69) is 20.5 Å². The van der Waals surface area contributed by atoms with Crippen molar-refractivity contribution in [2.75, 3.05) is 24.6 Å². The monoisotopic (exact) mass is 432 g/mol. The van der Waals surface area contributed by atoms with Crippen LogP contribution >= 0.6 is 0 Å². The Hall–Kier alpha value is -3.94. The minimum atomic E-state index is -0.708. The van der Waals surface area contributed by atoms with Gasteiger partial charge >= 0.3 is 12.0 Å². The Kier molecular flexibility index (Phi) is 6.60. The molecule has 2 N–H and O–H groups in total. The number of nitrogens with zero attached hydrogens (tertiary/aromatic N) is 2. The first kappa shape index (κ1) is 21.3. The maximum Gasteiger partial charge on any atom is 0.342 e. The maximum atomic E-state index is 12.8. The van der Waals surface area contributed by atoms with Crippen LogP contribution in [-0.2, 0) is 16.1 Å². The Labute approximate surface area is 185 Å². The van der Waals surface area contributed by atoms with E-state index in [1.54, 1.807) is 6.07 Å². The van der Waals surface area contributed by atoms with Crippen molar-refractivity contribution in [3.05, 3.63) is 71.8 Å². The lowest BCUT2D eigenvalue weighted by atomic mass is 10.1. The predicted octanol–water partition coefficient (Wildman–Crippen LogP) is 3.02. The Balaban J connectivity index is 1.37. The van der Waals surface area contributed by atoms with Crippen LogP contribution in [0.3, 0.4) is 0 Å². The second kappa shape index (κ2) is 9.91. The number of para-hydroxylation sites is 1. The Morgan fingerprint density at radius 2 is 1.69 bits per heavy atom. The highest BCUT2D eigenvalue weighted by molar-refractivity contribution is 6.01. The number of amides is 3. The topological polar surface area (TPSA) is 101 Å². The van der Waals surface area contributed by atoms with Crippen LogP contribution in [0.5, 0.6) is 0 Å². The van der Waals surface area contributed by atoms with Crippen molar-refractivity contribution in [3.8, 4) is 0 Å². The first-order valence-corrected chi connectivity index (χ1v) is 10.5. The first-order valence-electron chi connectivity index (χ1n) is 10.5. The summed E-state index contributed by atoms with van der Waals surface area (Å²) < 4.78 is 5.21. The molecule has 164 valence electrons. The average Bonchev–Trinajstić information content (AvgIpc) is 3.36. The zero-order valence-electron chi connectivity index (χ0n) is 17.5. The largest absolute Gasteiger partial charge is 0.452 e. The number of esters is 1. The van der Waals surface area contributed by atoms with Crippen molar-refractivity contribution in [3.63, 3.8) is 0 Å². The normalized spacial score (nSPS) is 13.1. The number of ether oxygens (including phenoxy) is 1. The van der Waals surface area contributed by atoms with E-state index in [0.717, 1.165) is 42.4 Å². The van der Waals surface area contributed by atoms with Gasteiger partial charge < -0.3 is 15.0 Å². The van der Waals surface area contributed by atoms with Crippen LogP contribution in [0.25, 0.3) is 10.9 Å². The molecule has 8 nitrogen and oxygen atoms in total. The van der Waals surface area contributed by atoms with Crippen LogP contribution in [0.4, 0.5) is 10.6 Å². The molecule has 0 saturated carbocycles. The zero-order chi connectivity index (χ0) is 22.3. The highest BCUT2D eigenvalue weighted by Crippen LogP contribution is 2.27. The van der Waals surface area contributed by atoms with Gasteiger partial charge in [0.2, 0.25) is 0 Å². The fourth-order valence-corrected chi connectivity index (χ4v) is 3.62. The molecule has 0 bridgehead atoms. The number of urea groups is 1. The lowest BCUT2D eigenvalue weighted by Gasteiger charge is -2.20. The number of rotatable bonds is 6. The molecule has 0 radical (unpaired) electrons. The third kappa shape index (κ3) is 5.21. The molecule has 1 aromatic heterocycles. The smallest absolute Gasteiger partial charge is 0.342 e. The molecule has 1 fully saturated rings. The van der Waals surface area contributed by atoms with E-state index in [0.29, 0.717) is 11.4 Å². The third-order valence-corrected chi connectivity index (χ3v) is 5.21. The molecule has 3 aromatic rings. The number of imide groups is 1. The Morgan fingerprint density at radius 3 is 2.47 bits per heavy atom. The predicted molar refractivity (Wildman–Crippen MR) is 120 cm³/mol. The fraction of sp³-hybridized carbons (Fsp3) is 0.250. The van der Waals surface area contributed by atoms with E-state index < -0.39 is 24.5 Å². The van der Waals surface area contributed by atoms with Gasteiger partial charge in [-0.1, -0.05) is 48.5 Å². The van der Waals surface area contributed by atoms with Gasteiger partial charge in [-0.3, -0.25) is 10.1 Å². The number of hydrogen-bond acceptors (Lipinski definition) is 6. The number of anilines is 1. The molecule has 4 rings (SSSR count). The molecular formula is C24H24N4O4. The zero-order valence-corrected chi connectivity index (χ0v) is 17.5. The number of pyridine rings is 1. The van der Waals surface area contributed by atoms with Crippen molar-refractivity contribution in [1.82, 2.24) is 15.6 Å². The van der Waals surface area contributed by atoms with Crippen LogP contribution in [0.1, 0.15) is 28.8 Å². The van der Waals surface area contributed by atoms with E-state index in [4.69, 9.17) is 4.74 Å². The number of hydrogen-bond donors (Lipinski definition) is 2. The summed E-state index contributed by atoms with van der Waals surface area (Å²) in [6.07, 6.45) is 2.06. The summed E-state index contributed by atoms with van der Waals surface area (Å²) in [5.41, 5.74) is 2.01. The van der Waals surface area contributed by atoms with Gasteiger partial charge in [0.25, 0.3) is 5.91 Å². The van der Waals surface area contributed by atoms with Gasteiger partial charge in [0.05, 0.1) is 5.52 Å². The lowest BCUT2D eigenvalue weighted by molar-refractivity contribution is -0.123. The van der Waals surface area contributed by atoms with Gasteiger partial charge in [-0.15, -0.1) is 0 Å². The molecular weight excluding hydrogens is 408 g/mol. The van der Waals surface area contributed by atoms with E-state index in [1.165, 1.54) is 0 Å². The van der Waals surface area contributed by atoms with Crippen molar-refractivity contribution in [2.24, 2.45) is 0 Å². The van der Waals surface area contributed by atoms with Crippen LogP contribution in [-0.4, -0.2) is 42.6 Å². The van der Waals surface area contributed by atoms with Gasteiger partial charge in [0.15, 0.2) is 6.61 Å². The molecule has 3 amide bonds. The van der Waals surface area contributed by atoms with E-state index in [-0.39, 0.29) is 6.54 Å². The molecule has 8 heteroatoms. The molecule has 2 aromatic carbocycles. The van der Waals surface area contributed by atoms with Crippen molar-refractivity contribution in [1.29, 1.82) is 0 Å². The number of carbonyl (C=O) groups excluding carboxylic acids is 3. The van der Waals surface area contributed by atoms with E-state index >= 15 is 0 Å². The number of aromatic nitrogens is 1. The SMILES string of the molecule is O=C(COC(=O)c1cc2ccccc2nc1N1CCCC1)NC(=O)NCc1ccccc1. The van der Waals surface area contributed by atoms with Gasteiger partial charge in [-0.05, 0) is 30.5 Å². The van der Waals surface area contributed by atoms with Gasteiger partial charge in [-0.25, -0.2) is 14.6 Å². The van der Waals surface area contributed by atoms with Crippen LogP contribution < -0.4 is 15.5 Å². The van der Waals surface area contributed by atoms with Gasteiger partial charge in [-0.2, -0.15) is 0 Å². The molecule has 0 aliphatic carbocycles. The van der Waals surface area contributed by atoms with E-state index in [9.17, 15) is 14.4 Å². The standard InChI is InChI=1S/C24H24N4O4/c29-21(27-24(31)25-15-17-8-2-1-3-9-17)16-32-23(30)19-14-18-10-4-5-11-20(18)26-22(19)28-12-6-7-13-28/h1-5,8-11,14H,6-7,12-13,15-16H2,(H2,25,27,29,31). The average molecular weight is 432 g/mol. The molecule has 0 spiro atoms. The molecule has 0 unspecified atom stereocenters. The molecule has 2 heterocycles. The summed E-state index contributed by atoms with van der Waals surface area (Å²) in [4.78, 5) is 43.5. The Morgan fingerprint density at radius 1 is 0.969 bits per heavy atom. The molecule has 0 atom stereocenters. The Bertz CT molecular complexity index is 1130. The van der Waals surface area contributed by atoms with Crippen LogP contribution in [0.2, 0.25) is 0 Å². The van der Waals surface area contributed by atoms with Crippen LogP contribution in [0.15, 0.2) is 60.7 Å². The number of nitrogens with one attached hydrogen (secondary N) is 2. The minimum Gasteiger partial charge on any atom is -0.452 e. The second-order valence-corrected chi connectivity index (χ2v) is 7.54. The molecule has 1 aliphatic heterocycles. The fourth-order valence-electron chi connectivity index (χ4n) is 3.62. The van der Waals surface area contributed by atoms with Crippen molar-refractivity contribution < 1.29 is 19.1 Å². The highest BCUT2D eigenvalue weighted by Gasteiger charge is 2.23. The molecule has 32 heavy (non-hydrogen) atoms. The summed E-state index contributed by atoms with van der Waals surface area (Å²) in [5.74, 6) is -0.794. The van der Waals surface area contributed by atoms with Crippen molar-refractivity contribution >= 4 is 34.6 Å². The van der Waals surface area contributed by atoms with Crippen molar-refractivity contribution in [2.45, 2.75) is 19.4 Å². The lowest BCUT2D eigenvalue weighted by Crippen LogP contribution is -2.41. The molecule has 1 saturated heterocycles. The third-order valence-electron chi connectivity index (χ3n) is 5.21. The first-order chi connectivity index (χ1) is 15.6. The highest BCUT2D eigenvalue weighted by atomic mass is 16.5. The quantitative estimate of drug-likeness (QED) is 0.581. The second-order valence-electron chi connectivity index (χ2n) is 7.54. The van der Waals surface area contributed by atoms with Crippen LogP contribution in [0, 0.1) is 0 Å². The number of fused-ring (bicyclic) bond motifs is 1. The number of carbonyl (C=O) groups is 3. The summed E-state index contributed by atoms with van der Waals surface area (Å²) in [6.45, 7) is 1.34. The summed E-state index contributed by atoms with van der Waals surface area (Å²) in [6, 6.07) is 17.9. The maximum absolute atomic E-state index is 12.8. The van der Waals surface area contributed by atoms with Gasteiger partial charge in [0.1, 0.15) is 11.4 Å². The summed E-state index contributed by atoms with van der Waals surface area (Å²) in [5, 5.41) is 5.56.